The van der Waals surface area contributed by atoms with Gasteiger partial charge in [-0.3, -0.25) is 4.79 Å². The Morgan fingerprint density at radius 3 is 2.94 bits per heavy atom. The van der Waals surface area contributed by atoms with E-state index in [-0.39, 0.29) is 0 Å². The predicted octanol–water partition coefficient (Wildman–Crippen LogP) is 2.04. The van der Waals surface area contributed by atoms with Gasteiger partial charge in [-0.25, -0.2) is 5.32 Å². The van der Waals surface area contributed by atoms with Crippen LogP contribution in [-0.4, -0.2) is 37.5 Å². The molecule has 0 spiro atoms. The van der Waals surface area contributed by atoms with Gasteiger partial charge in [0.05, 0.1) is 0 Å². The summed E-state index contributed by atoms with van der Waals surface area (Å²) in [7, 11) is 1.92. The van der Waals surface area contributed by atoms with Gasteiger partial charge in [-0.15, -0.1) is 0 Å². The normalized spacial score (nSPS) is 20.8. The SMILES string of the molecule is CCCCN(C)C(=O)CCC1CCC[N]C1. The van der Waals surface area contributed by atoms with Crippen molar-refractivity contribution in [3.8, 4) is 0 Å². The van der Waals surface area contributed by atoms with E-state index >= 15 is 0 Å². The average molecular weight is 225 g/mol. The first-order chi connectivity index (χ1) is 7.74. The molecule has 0 N–H and O–H groups in total. The van der Waals surface area contributed by atoms with E-state index in [2.05, 4.69) is 12.2 Å². The molecular weight excluding hydrogens is 200 g/mol. The van der Waals surface area contributed by atoms with Crippen molar-refractivity contribution >= 4 is 5.91 Å². The Balaban J connectivity index is 2.12. The highest BCUT2D eigenvalue weighted by atomic mass is 16.2. The number of piperidine rings is 1. The summed E-state index contributed by atoms with van der Waals surface area (Å²) in [6, 6.07) is 0. The van der Waals surface area contributed by atoms with Gasteiger partial charge in [-0.2, -0.15) is 0 Å². The maximum Gasteiger partial charge on any atom is 0.222 e. The van der Waals surface area contributed by atoms with Crippen LogP contribution in [0, 0.1) is 5.92 Å². The molecule has 16 heavy (non-hydrogen) atoms. The summed E-state index contributed by atoms with van der Waals surface area (Å²) in [5.41, 5.74) is 0. The molecule has 1 aliphatic rings. The fourth-order valence-electron chi connectivity index (χ4n) is 2.13. The van der Waals surface area contributed by atoms with Crippen molar-refractivity contribution < 1.29 is 4.79 Å². The molecule has 1 amide bonds. The van der Waals surface area contributed by atoms with Crippen LogP contribution in [0.1, 0.15) is 45.4 Å². The zero-order valence-corrected chi connectivity index (χ0v) is 10.7. The lowest BCUT2D eigenvalue weighted by molar-refractivity contribution is -0.130. The Labute approximate surface area is 99.6 Å². The van der Waals surface area contributed by atoms with Crippen LogP contribution in [0.25, 0.3) is 0 Å². The highest BCUT2D eigenvalue weighted by Crippen LogP contribution is 2.17. The van der Waals surface area contributed by atoms with Crippen molar-refractivity contribution in [3.63, 3.8) is 0 Å². The number of nitrogens with zero attached hydrogens (tertiary/aromatic N) is 2. The Morgan fingerprint density at radius 2 is 2.31 bits per heavy atom. The monoisotopic (exact) mass is 225 g/mol. The first-order valence-electron chi connectivity index (χ1n) is 6.61. The molecule has 1 rings (SSSR count). The lowest BCUT2D eigenvalue weighted by atomic mass is 9.94. The third kappa shape index (κ3) is 4.97. The van der Waals surface area contributed by atoms with E-state index in [1.807, 2.05) is 11.9 Å². The molecule has 0 saturated carbocycles. The second kappa shape index (κ2) is 7.66. The maximum absolute atomic E-state index is 11.8. The molecule has 0 aromatic rings. The summed E-state index contributed by atoms with van der Waals surface area (Å²) < 4.78 is 0. The molecule has 93 valence electrons. The van der Waals surface area contributed by atoms with Crippen LogP contribution in [0.4, 0.5) is 0 Å². The number of carbonyl (C=O) groups is 1. The summed E-state index contributed by atoms with van der Waals surface area (Å²) in [6.45, 7) is 5.07. The van der Waals surface area contributed by atoms with Crippen molar-refractivity contribution in [2.45, 2.75) is 45.4 Å². The number of amides is 1. The summed E-state index contributed by atoms with van der Waals surface area (Å²) >= 11 is 0. The second-order valence-corrected chi connectivity index (χ2v) is 4.85. The third-order valence-electron chi connectivity index (χ3n) is 3.36. The number of hydrogen-bond donors (Lipinski definition) is 0. The molecule has 1 aliphatic heterocycles. The summed E-state index contributed by atoms with van der Waals surface area (Å²) in [4.78, 5) is 13.7. The van der Waals surface area contributed by atoms with Gasteiger partial charge in [-0.1, -0.05) is 13.3 Å². The van der Waals surface area contributed by atoms with Crippen LogP contribution in [0.2, 0.25) is 0 Å². The number of rotatable bonds is 6. The molecule has 1 saturated heterocycles. The van der Waals surface area contributed by atoms with Crippen molar-refractivity contribution in [2.75, 3.05) is 26.7 Å². The quantitative estimate of drug-likeness (QED) is 0.681. The molecule has 3 heteroatoms. The van der Waals surface area contributed by atoms with Gasteiger partial charge in [0.25, 0.3) is 0 Å². The number of carbonyl (C=O) groups excluding carboxylic acids is 1. The van der Waals surface area contributed by atoms with Crippen LogP contribution in [-0.2, 0) is 4.79 Å². The highest BCUT2D eigenvalue weighted by Gasteiger charge is 2.16. The van der Waals surface area contributed by atoms with Crippen LogP contribution >= 0.6 is 0 Å². The van der Waals surface area contributed by atoms with Gasteiger partial charge in [0.1, 0.15) is 0 Å². The van der Waals surface area contributed by atoms with E-state index in [1.54, 1.807) is 0 Å². The molecule has 0 aromatic heterocycles. The molecule has 1 atom stereocenters. The molecular formula is C13H25N2O. The van der Waals surface area contributed by atoms with E-state index in [9.17, 15) is 4.79 Å². The summed E-state index contributed by atoms with van der Waals surface area (Å²) in [5.74, 6) is 0.969. The van der Waals surface area contributed by atoms with Crippen LogP contribution in [0.5, 0.6) is 0 Å². The largest absolute Gasteiger partial charge is 0.346 e. The molecule has 1 radical (unpaired) electrons. The first-order valence-corrected chi connectivity index (χ1v) is 6.61. The highest BCUT2D eigenvalue weighted by molar-refractivity contribution is 5.75. The van der Waals surface area contributed by atoms with Crippen molar-refractivity contribution in [1.82, 2.24) is 10.2 Å². The van der Waals surface area contributed by atoms with Crippen LogP contribution in [0.3, 0.4) is 0 Å². The van der Waals surface area contributed by atoms with E-state index in [4.69, 9.17) is 0 Å². The van der Waals surface area contributed by atoms with Gasteiger partial charge < -0.3 is 4.90 Å². The standard InChI is InChI=1S/C13H25N2O/c1-3-4-10-15(2)13(16)8-7-12-6-5-9-14-11-12/h12H,3-11H2,1-2H3. The maximum atomic E-state index is 11.8. The second-order valence-electron chi connectivity index (χ2n) is 4.85. The van der Waals surface area contributed by atoms with Crippen LogP contribution in [0.15, 0.2) is 0 Å². The minimum absolute atomic E-state index is 0.305. The van der Waals surface area contributed by atoms with E-state index in [1.165, 1.54) is 12.8 Å². The Bertz CT molecular complexity index is 200. The predicted molar refractivity (Wildman–Crippen MR) is 66.4 cm³/mol. The van der Waals surface area contributed by atoms with Gasteiger partial charge in [0.15, 0.2) is 0 Å². The van der Waals surface area contributed by atoms with Crippen LogP contribution < -0.4 is 5.32 Å². The zero-order valence-electron chi connectivity index (χ0n) is 10.7. The molecule has 1 heterocycles. The topological polar surface area (TPSA) is 34.4 Å². The third-order valence-corrected chi connectivity index (χ3v) is 3.36. The fourth-order valence-corrected chi connectivity index (χ4v) is 2.13. The van der Waals surface area contributed by atoms with Gasteiger partial charge >= 0.3 is 0 Å². The zero-order chi connectivity index (χ0) is 11.8. The van der Waals surface area contributed by atoms with E-state index in [0.717, 1.165) is 38.9 Å². The molecule has 1 fully saturated rings. The van der Waals surface area contributed by atoms with Crippen molar-refractivity contribution in [2.24, 2.45) is 5.92 Å². The number of hydrogen-bond acceptors (Lipinski definition) is 1. The minimum Gasteiger partial charge on any atom is -0.346 e. The van der Waals surface area contributed by atoms with E-state index < -0.39 is 0 Å². The molecule has 1 unspecified atom stereocenters. The Hall–Kier alpha value is -0.570. The number of unbranched alkanes of at least 4 members (excludes halogenated alkanes) is 1. The van der Waals surface area contributed by atoms with Gasteiger partial charge in [-0.05, 0) is 31.6 Å². The minimum atomic E-state index is 0.305. The average Bonchev–Trinajstić information content (AvgIpc) is 2.34. The van der Waals surface area contributed by atoms with Gasteiger partial charge in [0.2, 0.25) is 5.91 Å². The summed E-state index contributed by atoms with van der Waals surface area (Å²) in [6.07, 6.45) is 6.47. The van der Waals surface area contributed by atoms with E-state index in [0.29, 0.717) is 18.2 Å². The molecule has 0 aliphatic carbocycles. The Morgan fingerprint density at radius 1 is 1.50 bits per heavy atom. The van der Waals surface area contributed by atoms with Gasteiger partial charge in [0, 0.05) is 33.1 Å². The lowest BCUT2D eigenvalue weighted by Crippen LogP contribution is -2.29. The Kier molecular flexibility index (Phi) is 6.46. The first kappa shape index (κ1) is 13.5. The smallest absolute Gasteiger partial charge is 0.222 e. The fraction of sp³-hybridized carbons (Fsp3) is 0.923. The molecule has 3 nitrogen and oxygen atoms in total. The molecule has 0 bridgehead atoms. The van der Waals surface area contributed by atoms with Crippen molar-refractivity contribution in [1.29, 1.82) is 0 Å². The lowest BCUT2D eigenvalue weighted by Gasteiger charge is -2.22. The van der Waals surface area contributed by atoms with Crippen molar-refractivity contribution in [3.05, 3.63) is 0 Å². The molecule has 0 aromatic carbocycles. The summed E-state index contributed by atoms with van der Waals surface area (Å²) in [5, 5.41) is 4.41.